The van der Waals surface area contributed by atoms with Crippen LogP contribution in [0.15, 0.2) is 24.3 Å². The molecule has 0 saturated carbocycles. The predicted molar refractivity (Wildman–Crippen MR) is 102 cm³/mol. The van der Waals surface area contributed by atoms with Gasteiger partial charge in [0.15, 0.2) is 0 Å². The number of carbonyl (C=O) groups excluding carboxylic acids is 3. The number of likely N-dealkylation sites (tertiary alicyclic amines) is 1. The van der Waals surface area contributed by atoms with Crippen molar-refractivity contribution in [2.45, 2.75) is 25.8 Å². The van der Waals surface area contributed by atoms with Gasteiger partial charge in [-0.15, -0.1) is 0 Å². The van der Waals surface area contributed by atoms with Crippen LogP contribution in [0.5, 0.6) is 5.75 Å². The van der Waals surface area contributed by atoms with Gasteiger partial charge in [-0.1, -0.05) is 0 Å². The van der Waals surface area contributed by atoms with E-state index in [2.05, 4.69) is 21.3 Å². The summed E-state index contributed by atoms with van der Waals surface area (Å²) in [6, 6.07) is 6.76. The maximum atomic E-state index is 12.3. The van der Waals surface area contributed by atoms with Crippen molar-refractivity contribution in [1.29, 1.82) is 0 Å². The van der Waals surface area contributed by atoms with Gasteiger partial charge in [0.2, 0.25) is 5.91 Å². The quantitative estimate of drug-likeness (QED) is 0.557. The summed E-state index contributed by atoms with van der Waals surface area (Å²) in [5.74, 6) is 0.604. The van der Waals surface area contributed by atoms with Crippen LogP contribution in [-0.4, -0.2) is 62.2 Å². The fraction of sp³-hybridized carbons (Fsp3) is 0.500. The molecule has 1 saturated heterocycles. The Kier molecular flexibility index (Phi) is 7.72. The number of ether oxygens (including phenoxy) is 1. The van der Waals surface area contributed by atoms with E-state index in [1.807, 2.05) is 0 Å². The zero-order valence-corrected chi connectivity index (χ0v) is 15.7. The molecule has 9 nitrogen and oxygen atoms in total. The fourth-order valence-corrected chi connectivity index (χ4v) is 2.75. The van der Waals surface area contributed by atoms with Crippen LogP contribution in [0.4, 0.5) is 15.3 Å². The Morgan fingerprint density at radius 3 is 2.30 bits per heavy atom. The van der Waals surface area contributed by atoms with Gasteiger partial charge in [-0.2, -0.15) is 0 Å². The Morgan fingerprint density at radius 1 is 1.07 bits per heavy atom. The van der Waals surface area contributed by atoms with Gasteiger partial charge in [0.25, 0.3) is 0 Å². The number of urea groups is 2. The minimum Gasteiger partial charge on any atom is -0.497 e. The minimum atomic E-state index is -0.263. The van der Waals surface area contributed by atoms with E-state index in [0.717, 1.165) is 5.75 Å². The first-order chi connectivity index (χ1) is 13.0. The molecular formula is C18H27N5O4. The largest absolute Gasteiger partial charge is 0.497 e. The molecule has 27 heavy (non-hydrogen) atoms. The lowest BCUT2D eigenvalue weighted by Gasteiger charge is -2.32. The summed E-state index contributed by atoms with van der Waals surface area (Å²) in [4.78, 5) is 36.6. The summed E-state index contributed by atoms with van der Waals surface area (Å²) in [6.07, 6.45) is 1.38. The second kappa shape index (κ2) is 10.2. The van der Waals surface area contributed by atoms with Gasteiger partial charge in [0.05, 0.1) is 7.11 Å². The minimum absolute atomic E-state index is 0.0239. The third kappa shape index (κ3) is 7.04. The van der Waals surface area contributed by atoms with E-state index in [1.165, 1.54) is 6.92 Å². The monoisotopic (exact) mass is 377 g/mol. The number of hydrogen-bond acceptors (Lipinski definition) is 4. The fourth-order valence-electron chi connectivity index (χ4n) is 2.75. The number of benzene rings is 1. The van der Waals surface area contributed by atoms with Crippen molar-refractivity contribution in [3.05, 3.63) is 24.3 Å². The van der Waals surface area contributed by atoms with Gasteiger partial charge in [-0.05, 0) is 37.1 Å². The molecule has 148 valence electrons. The lowest BCUT2D eigenvalue weighted by atomic mass is 10.1. The van der Waals surface area contributed by atoms with Gasteiger partial charge in [0.1, 0.15) is 5.75 Å². The molecule has 1 aromatic rings. The molecule has 4 N–H and O–H groups in total. The highest BCUT2D eigenvalue weighted by Gasteiger charge is 2.23. The Hall–Kier alpha value is -2.97. The number of carbonyl (C=O) groups is 3. The average Bonchev–Trinajstić information content (AvgIpc) is 2.66. The highest BCUT2D eigenvalue weighted by molar-refractivity contribution is 5.89. The number of anilines is 1. The summed E-state index contributed by atoms with van der Waals surface area (Å²) < 4.78 is 5.09. The van der Waals surface area contributed by atoms with E-state index < -0.39 is 0 Å². The molecule has 1 aliphatic heterocycles. The van der Waals surface area contributed by atoms with E-state index in [-0.39, 0.29) is 24.0 Å². The Bertz CT molecular complexity index is 642. The lowest BCUT2D eigenvalue weighted by Crippen LogP contribution is -2.50. The van der Waals surface area contributed by atoms with Crippen LogP contribution < -0.4 is 26.0 Å². The molecule has 0 aromatic heterocycles. The number of amides is 5. The van der Waals surface area contributed by atoms with Gasteiger partial charge in [-0.25, -0.2) is 9.59 Å². The molecule has 2 rings (SSSR count). The Balaban J connectivity index is 1.67. The third-order valence-electron chi connectivity index (χ3n) is 4.24. The van der Waals surface area contributed by atoms with E-state index in [1.54, 1.807) is 36.3 Å². The summed E-state index contributed by atoms with van der Waals surface area (Å²) in [5.41, 5.74) is 0.708. The second-order valence-corrected chi connectivity index (χ2v) is 6.30. The van der Waals surface area contributed by atoms with Crippen molar-refractivity contribution in [3.8, 4) is 5.75 Å². The van der Waals surface area contributed by atoms with Crippen LogP contribution in [0.3, 0.4) is 0 Å². The summed E-state index contributed by atoms with van der Waals surface area (Å²) in [5, 5.41) is 11.1. The molecule has 1 aromatic carbocycles. The predicted octanol–water partition coefficient (Wildman–Crippen LogP) is 1.13. The first-order valence-corrected chi connectivity index (χ1v) is 8.96. The van der Waals surface area contributed by atoms with Crippen LogP contribution in [0.1, 0.15) is 19.8 Å². The standard InChI is InChI=1S/C18H27N5O4/c1-13(24)19-9-10-20-17(25)21-15-7-11-23(12-8-15)18(26)22-14-3-5-16(27-2)6-4-14/h3-6,15H,7-12H2,1-2H3,(H,19,24)(H,22,26)(H2,20,21,25). The van der Waals surface area contributed by atoms with Crippen molar-refractivity contribution >= 4 is 23.7 Å². The molecule has 1 fully saturated rings. The number of piperidine rings is 1. The molecule has 9 heteroatoms. The van der Waals surface area contributed by atoms with Gasteiger partial charge in [0, 0.05) is 44.8 Å². The molecule has 1 aliphatic rings. The van der Waals surface area contributed by atoms with Crippen LogP contribution in [0.25, 0.3) is 0 Å². The normalized spacial score (nSPS) is 14.2. The second-order valence-electron chi connectivity index (χ2n) is 6.30. The van der Waals surface area contributed by atoms with Crippen LogP contribution in [0, 0.1) is 0 Å². The first kappa shape index (κ1) is 20.3. The van der Waals surface area contributed by atoms with Gasteiger partial charge in [-0.3, -0.25) is 4.79 Å². The maximum absolute atomic E-state index is 12.3. The SMILES string of the molecule is COc1ccc(NC(=O)N2CCC(NC(=O)NCCNC(C)=O)CC2)cc1. The highest BCUT2D eigenvalue weighted by atomic mass is 16.5. The zero-order chi connectivity index (χ0) is 19.6. The van der Waals surface area contributed by atoms with Crippen LogP contribution in [-0.2, 0) is 4.79 Å². The number of rotatable bonds is 6. The molecule has 1 heterocycles. The van der Waals surface area contributed by atoms with E-state index in [0.29, 0.717) is 44.7 Å². The number of methoxy groups -OCH3 is 1. The van der Waals surface area contributed by atoms with Crippen molar-refractivity contribution in [2.24, 2.45) is 0 Å². The van der Waals surface area contributed by atoms with Crippen LogP contribution in [0.2, 0.25) is 0 Å². The van der Waals surface area contributed by atoms with Crippen LogP contribution >= 0.6 is 0 Å². The highest BCUT2D eigenvalue weighted by Crippen LogP contribution is 2.17. The molecule has 5 amide bonds. The molecular weight excluding hydrogens is 350 g/mol. The molecule has 0 spiro atoms. The topological polar surface area (TPSA) is 112 Å². The van der Waals surface area contributed by atoms with Crippen molar-refractivity contribution < 1.29 is 19.1 Å². The van der Waals surface area contributed by atoms with Crippen molar-refractivity contribution in [2.75, 3.05) is 38.6 Å². The molecule has 0 bridgehead atoms. The van der Waals surface area contributed by atoms with E-state index >= 15 is 0 Å². The average molecular weight is 377 g/mol. The summed E-state index contributed by atoms with van der Waals surface area (Å²) >= 11 is 0. The molecule has 0 aliphatic carbocycles. The molecule has 0 unspecified atom stereocenters. The van der Waals surface area contributed by atoms with E-state index in [9.17, 15) is 14.4 Å². The first-order valence-electron chi connectivity index (χ1n) is 8.96. The van der Waals surface area contributed by atoms with Gasteiger partial charge >= 0.3 is 12.1 Å². The molecule has 0 radical (unpaired) electrons. The summed E-state index contributed by atoms with van der Waals surface area (Å²) in [6.45, 7) is 3.33. The van der Waals surface area contributed by atoms with Crippen molar-refractivity contribution in [1.82, 2.24) is 20.9 Å². The maximum Gasteiger partial charge on any atom is 0.321 e. The van der Waals surface area contributed by atoms with Gasteiger partial charge < -0.3 is 30.9 Å². The number of nitrogens with one attached hydrogen (secondary N) is 4. The zero-order valence-electron chi connectivity index (χ0n) is 15.7. The molecule has 0 atom stereocenters. The number of hydrogen-bond donors (Lipinski definition) is 4. The van der Waals surface area contributed by atoms with E-state index in [4.69, 9.17) is 4.74 Å². The lowest BCUT2D eigenvalue weighted by molar-refractivity contribution is -0.118. The Labute approximate surface area is 158 Å². The third-order valence-corrected chi connectivity index (χ3v) is 4.24. The summed E-state index contributed by atoms with van der Waals surface area (Å²) in [7, 11) is 1.59. The smallest absolute Gasteiger partial charge is 0.321 e. The van der Waals surface area contributed by atoms with Crippen molar-refractivity contribution in [3.63, 3.8) is 0 Å². The number of nitrogens with zero attached hydrogens (tertiary/aromatic N) is 1. The Morgan fingerprint density at radius 2 is 1.70 bits per heavy atom.